The van der Waals surface area contributed by atoms with Gasteiger partial charge in [-0.2, -0.15) is 0 Å². The molecule has 1 atom stereocenters. The van der Waals surface area contributed by atoms with E-state index in [0.717, 1.165) is 12.8 Å². The quantitative estimate of drug-likeness (QED) is 0.675. The number of hydrogen-bond donors (Lipinski definition) is 1. The third kappa shape index (κ3) is 1.52. The molecule has 0 saturated carbocycles. The Morgan fingerprint density at radius 2 is 2.00 bits per heavy atom. The predicted octanol–water partition coefficient (Wildman–Crippen LogP) is 1.06. The van der Waals surface area contributed by atoms with E-state index < -0.39 is 0 Å². The van der Waals surface area contributed by atoms with Crippen LogP contribution in [0.25, 0.3) is 12.2 Å². The monoisotopic (exact) mass is 173 g/mol. The molecule has 0 bridgehead atoms. The first-order chi connectivity index (χ1) is 6.29. The van der Waals surface area contributed by atoms with Crippen LogP contribution >= 0.6 is 0 Å². The predicted molar refractivity (Wildman–Crippen MR) is 56.5 cm³/mol. The fourth-order valence-electron chi connectivity index (χ4n) is 1.88. The standard InChI is InChI=1S/C12H15N/c1-9(13)11-8-4-6-10-5-2-3-7-12(10)11/h4-9H,2-3,13H2,1H3/t9-/m1/s1. The van der Waals surface area contributed by atoms with E-state index in [1.807, 2.05) is 6.92 Å². The second-order valence-corrected chi connectivity index (χ2v) is 3.62. The first-order valence-electron chi connectivity index (χ1n) is 4.84. The molecule has 0 fully saturated rings. The number of benzene rings is 1. The third-order valence-electron chi connectivity index (χ3n) is 2.54. The highest BCUT2D eigenvalue weighted by Gasteiger charge is 2.02. The van der Waals surface area contributed by atoms with Crippen LogP contribution in [0.3, 0.4) is 0 Å². The van der Waals surface area contributed by atoms with Crippen molar-refractivity contribution in [3.63, 3.8) is 0 Å². The van der Waals surface area contributed by atoms with Gasteiger partial charge in [-0.05, 0) is 35.8 Å². The van der Waals surface area contributed by atoms with E-state index in [-0.39, 0.29) is 6.04 Å². The zero-order valence-electron chi connectivity index (χ0n) is 7.96. The Morgan fingerprint density at radius 3 is 2.77 bits per heavy atom. The maximum absolute atomic E-state index is 5.90. The first-order valence-corrected chi connectivity index (χ1v) is 4.84. The van der Waals surface area contributed by atoms with Crippen molar-refractivity contribution < 1.29 is 0 Å². The Bertz CT molecular complexity index is 415. The maximum Gasteiger partial charge on any atom is 0.0272 e. The lowest BCUT2D eigenvalue weighted by molar-refractivity contribution is 0.808. The van der Waals surface area contributed by atoms with Crippen molar-refractivity contribution in [2.24, 2.45) is 5.73 Å². The molecule has 1 aliphatic carbocycles. The summed E-state index contributed by atoms with van der Waals surface area (Å²) in [6, 6.07) is 6.51. The van der Waals surface area contributed by atoms with E-state index in [2.05, 4.69) is 30.4 Å². The SMILES string of the molecule is C[C@@H](N)c1cccc2c1=CCCC=2. The minimum atomic E-state index is 0.137. The van der Waals surface area contributed by atoms with Crippen molar-refractivity contribution >= 4 is 12.2 Å². The van der Waals surface area contributed by atoms with Gasteiger partial charge in [0.2, 0.25) is 0 Å². The smallest absolute Gasteiger partial charge is 0.0272 e. The Balaban J connectivity index is 2.74. The second kappa shape index (κ2) is 3.35. The molecule has 0 unspecified atom stereocenters. The molecule has 0 saturated heterocycles. The molecule has 0 heterocycles. The van der Waals surface area contributed by atoms with E-state index >= 15 is 0 Å². The summed E-state index contributed by atoms with van der Waals surface area (Å²) in [5, 5.41) is 2.70. The molecule has 0 aromatic heterocycles. The summed E-state index contributed by atoms with van der Waals surface area (Å²) in [5.41, 5.74) is 7.18. The second-order valence-electron chi connectivity index (χ2n) is 3.62. The van der Waals surface area contributed by atoms with E-state index in [1.54, 1.807) is 0 Å². The molecule has 0 radical (unpaired) electrons. The van der Waals surface area contributed by atoms with Crippen molar-refractivity contribution in [3.05, 3.63) is 34.2 Å². The van der Waals surface area contributed by atoms with Crippen LogP contribution in [-0.4, -0.2) is 0 Å². The maximum atomic E-state index is 5.90. The van der Waals surface area contributed by atoms with Gasteiger partial charge in [0.15, 0.2) is 0 Å². The van der Waals surface area contributed by atoms with Crippen molar-refractivity contribution in [2.45, 2.75) is 25.8 Å². The van der Waals surface area contributed by atoms with Crippen LogP contribution in [-0.2, 0) is 0 Å². The highest BCUT2D eigenvalue weighted by Crippen LogP contribution is 2.03. The van der Waals surface area contributed by atoms with Crippen LogP contribution in [0.4, 0.5) is 0 Å². The van der Waals surface area contributed by atoms with E-state index in [4.69, 9.17) is 5.73 Å². The number of nitrogens with two attached hydrogens (primary N) is 1. The molecule has 1 aromatic carbocycles. The van der Waals surface area contributed by atoms with Crippen LogP contribution < -0.4 is 16.2 Å². The van der Waals surface area contributed by atoms with Crippen LogP contribution in [0.2, 0.25) is 0 Å². The minimum Gasteiger partial charge on any atom is -0.324 e. The molecule has 1 aliphatic rings. The summed E-state index contributed by atoms with van der Waals surface area (Å²) in [6.07, 6.45) is 6.90. The fraction of sp³-hybridized carbons (Fsp3) is 0.333. The molecule has 0 spiro atoms. The van der Waals surface area contributed by atoms with Gasteiger partial charge in [-0.25, -0.2) is 0 Å². The number of hydrogen-bond acceptors (Lipinski definition) is 1. The molecule has 13 heavy (non-hydrogen) atoms. The first kappa shape index (κ1) is 8.52. The van der Waals surface area contributed by atoms with Crippen LogP contribution in [0, 0.1) is 0 Å². The lowest BCUT2D eigenvalue weighted by atomic mass is 10.00. The van der Waals surface area contributed by atoms with E-state index in [0.29, 0.717) is 0 Å². The third-order valence-corrected chi connectivity index (χ3v) is 2.54. The van der Waals surface area contributed by atoms with Gasteiger partial charge in [0, 0.05) is 6.04 Å². The average molecular weight is 173 g/mol. The van der Waals surface area contributed by atoms with Gasteiger partial charge in [-0.1, -0.05) is 30.4 Å². The topological polar surface area (TPSA) is 26.0 Å². The van der Waals surface area contributed by atoms with Gasteiger partial charge in [-0.15, -0.1) is 0 Å². The van der Waals surface area contributed by atoms with Crippen molar-refractivity contribution in [3.8, 4) is 0 Å². The number of fused-ring (bicyclic) bond motifs is 1. The molecule has 68 valence electrons. The van der Waals surface area contributed by atoms with Crippen LogP contribution in [0.5, 0.6) is 0 Å². The molecule has 1 aromatic rings. The Hall–Kier alpha value is -1.08. The molecule has 2 rings (SSSR count). The van der Waals surface area contributed by atoms with Crippen LogP contribution in [0.15, 0.2) is 18.2 Å². The Labute approximate surface area is 78.6 Å². The summed E-state index contributed by atoms with van der Waals surface area (Å²) in [5.74, 6) is 0. The molecule has 1 nitrogen and oxygen atoms in total. The van der Waals surface area contributed by atoms with E-state index in [9.17, 15) is 0 Å². The summed E-state index contributed by atoms with van der Waals surface area (Å²) >= 11 is 0. The zero-order chi connectivity index (χ0) is 9.26. The lowest BCUT2D eigenvalue weighted by Gasteiger charge is -2.09. The fourth-order valence-corrected chi connectivity index (χ4v) is 1.88. The molecule has 0 aliphatic heterocycles. The van der Waals surface area contributed by atoms with Gasteiger partial charge in [0.25, 0.3) is 0 Å². The summed E-state index contributed by atoms with van der Waals surface area (Å²) in [6.45, 7) is 2.04. The molecule has 1 heteroatoms. The molecular formula is C12H15N. The van der Waals surface area contributed by atoms with Crippen molar-refractivity contribution in [2.75, 3.05) is 0 Å². The minimum absolute atomic E-state index is 0.137. The van der Waals surface area contributed by atoms with Crippen molar-refractivity contribution in [1.82, 2.24) is 0 Å². The summed E-state index contributed by atoms with van der Waals surface area (Å²) in [7, 11) is 0. The highest BCUT2D eigenvalue weighted by molar-refractivity contribution is 5.41. The average Bonchev–Trinajstić information content (AvgIpc) is 2.17. The Kier molecular flexibility index (Phi) is 2.19. The van der Waals surface area contributed by atoms with E-state index in [1.165, 1.54) is 16.0 Å². The van der Waals surface area contributed by atoms with Gasteiger partial charge in [0.05, 0.1) is 0 Å². The van der Waals surface area contributed by atoms with Crippen LogP contribution in [0.1, 0.15) is 31.4 Å². The molecular weight excluding hydrogens is 158 g/mol. The molecule has 2 N–H and O–H groups in total. The highest BCUT2D eigenvalue weighted by atomic mass is 14.6. The van der Waals surface area contributed by atoms with Gasteiger partial charge < -0.3 is 5.73 Å². The molecule has 0 amide bonds. The van der Waals surface area contributed by atoms with Gasteiger partial charge >= 0.3 is 0 Å². The van der Waals surface area contributed by atoms with Crippen molar-refractivity contribution in [1.29, 1.82) is 0 Å². The zero-order valence-corrected chi connectivity index (χ0v) is 7.96. The Morgan fingerprint density at radius 1 is 1.23 bits per heavy atom. The summed E-state index contributed by atoms with van der Waals surface area (Å²) < 4.78 is 0. The largest absolute Gasteiger partial charge is 0.324 e. The lowest BCUT2D eigenvalue weighted by Crippen LogP contribution is -2.32. The van der Waals surface area contributed by atoms with Gasteiger partial charge in [-0.3, -0.25) is 0 Å². The van der Waals surface area contributed by atoms with Gasteiger partial charge in [0.1, 0.15) is 0 Å². The number of rotatable bonds is 1. The normalized spacial score (nSPS) is 16.8. The summed E-state index contributed by atoms with van der Waals surface area (Å²) in [4.78, 5) is 0.